The van der Waals surface area contributed by atoms with Crippen molar-refractivity contribution < 1.29 is 4.79 Å². The van der Waals surface area contributed by atoms with E-state index in [1.165, 1.54) is 25.9 Å². The van der Waals surface area contributed by atoms with Crippen molar-refractivity contribution in [2.45, 2.75) is 44.1 Å². The molecule has 1 unspecified atom stereocenters. The van der Waals surface area contributed by atoms with Crippen LogP contribution in [0.3, 0.4) is 0 Å². The first kappa shape index (κ1) is 13.1. The molecule has 0 radical (unpaired) electrons. The summed E-state index contributed by atoms with van der Waals surface area (Å²) >= 11 is 0. The number of carbonyl (C=O) groups is 1. The van der Waals surface area contributed by atoms with Crippen LogP contribution in [0, 0.1) is 0 Å². The van der Waals surface area contributed by atoms with Crippen LogP contribution in [-0.2, 0) is 0 Å². The van der Waals surface area contributed by atoms with Crippen LogP contribution in [0.25, 0.3) is 0 Å². The second kappa shape index (κ2) is 5.02. The maximum absolute atomic E-state index is 12.6. The Labute approximate surface area is 124 Å². The fraction of sp³-hybridized carbons (Fsp3) is 0.733. The van der Waals surface area contributed by atoms with Gasteiger partial charge in [-0.05, 0) is 45.2 Å². The van der Waals surface area contributed by atoms with E-state index >= 15 is 0 Å². The zero-order valence-electron chi connectivity index (χ0n) is 12.3. The van der Waals surface area contributed by atoms with E-state index in [-0.39, 0.29) is 5.91 Å². The number of amides is 1. The maximum Gasteiger partial charge on any atom is 0.276 e. The van der Waals surface area contributed by atoms with E-state index in [1.54, 1.807) is 0 Å². The number of likely N-dealkylation sites (tertiary alicyclic amines) is 2. The zero-order valence-corrected chi connectivity index (χ0v) is 12.3. The average Bonchev–Trinajstić information content (AvgIpc) is 2.95. The highest BCUT2D eigenvalue weighted by atomic mass is 16.2. The third-order valence-electron chi connectivity index (χ3n) is 5.13. The molecule has 1 aromatic rings. The van der Waals surface area contributed by atoms with Crippen molar-refractivity contribution in [3.8, 4) is 0 Å². The lowest BCUT2D eigenvalue weighted by molar-refractivity contribution is 0.0775. The van der Waals surface area contributed by atoms with Gasteiger partial charge in [-0.25, -0.2) is 0 Å². The highest BCUT2D eigenvalue weighted by molar-refractivity contribution is 5.98. The quantitative estimate of drug-likeness (QED) is 0.876. The summed E-state index contributed by atoms with van der Waals surface area (Å²) in [6, 6.07) is 0.527. The molecular formula is C15H23N5O. The topological polar surface area (TPSA) is 78.2 Å². The molecule has 6 nitrogen and oxygen atoms in total. The Kier molecular flexibility index (Phi) is 3.14. The SMILES string of the molecule is Nc1c(C(=O)N2CCC(N3CCCC3)C2)n[nH]c1C1CC1. The first-order chi connectivity index (χ1) is 10.2. The largest absolute Gasteiger partial charge is 0.395 e. The van der Waals surface area contributed by atoms with Gasteiger partial charge in [-0.15, -0.1) is 0 Å². The molecule has 1 atom stereocenters. The number of carbonyl (C=O) groups excluding carboxylic acids is 1. The molecule has 1 aromatic heterocycles. The van der Waals surface area contributed by atoms with Gasteiger partial charge < -0.3 is 10.6 Å². The van der Waals surface area contributed by atoms with E-state index < -0.39 is 0 Å². The van der Waals surface area contributed by atoms with Crippen LogP contribution in [0.4, 0.5) is 5.69 Å². The number of nitrogen functional groups attached to an aromatic ring is 1. The fourth-order valence-electron chi connectivity index (χ4n) is 3.69. The summed E-state index contributed by atoms with van der Waals surface area (Å²) in [7, 11) is 0. The van der Waals surface area contributed by atoms with Crippen molar-refractivity contribution in [2.24, 2.45) is 0 Å². The molecule has 0 aromatic carbocycles. The van der Waals surface area contributed by atoms with Crippen LogP contribution in [-0.4, -0.2) is 58.1 Å². The van der Waals surface area contributed by atoms with Crippen molar-refractivity contribution in [2.75, 3.05) is 31.9 Å². The highest BCUT2D eigenvalue weighted by Gasteiger charge is 2.35. The van der Waals surface area contributed by atoms with Crippen molar-refractivity contribution >= 4 is 11.6 Å². The van der Waals surface area contributed by atoms with Crippen molar-refractivity contribution in [1.82, 2.24) is 20.0 Å². The maximum atomic E-state index is 12.6. The minimum atomic E-state index is -0.00246. The van der Waals surface area contributed by atoms with E-state index in [4.69, 9.17) is 5.73 Å². The van der Waals surface area contributed by atoms with Gasteiger partial charge >= 0.3 is 0 Å². The number of rotatable bonds is 3. The van der Waals surface area contributed by atoms with E-state index in [9.17, 15) is 4.79 Å². The van der Waals surface area contributed by atoms with Crippen molar-refractivity contribution in [3.63, 3.8) is 0 Å². The van der Waals surface area contributed by atoms with E-state index in [0.29, 0.717) is 23.3 Å². The molecule has 1 saturated carbocycles. The molecule has 1 amide bonds. The van der Waals surface area contributed by atoms with Gasteiger partial charge in [-0.2, -0.15) is 5.10 Å². The molecule has 3 heterocycles. The summed E-state index contributed by atoms with van der Waals surface area (Å²) in [4.78, 5) is 17.1. The fourth-order valence-corrected chi connectivity index (χ4v) is 3.69. The van der Waals surface area contributed by atoms with E-state index in [2.05, 4.69) is 15.1 Å². The number of nitrogens with two attached hydrogens (primary N) is 1. The van der Waals surface area contributed by atoms with Crippen molar-refractivity contribution in [3.05, 3.63) is 11.4 Å². The molecule has 21 heavy (non-hydrogen) atoms. The number of aromatic amines is 1. The second-order valence-electron chi connectivity index (χ2n) is 6.61. The lowest BCUT2D eigenvalue weighted by atomic mass is 10.2. The molecule has 0 bridgehead atoms. The van der Waals surface area contributed by atoms with Crippen LogP contribution in [0.2, 0.25) is 0 Å². The molecule has 2 aliphatic heterocycles. The zero-order chi connectivity index (χ0) is 14.4. The molecular weight excluding hydrogens is 266 g/mol. The van der Waals surface area contributed by atoms with Gasteiger partial charge in [0.15, 0.2) is 5.69 Å². The van der Waals surface area contributed by atoms with Gasteiger partial charge in [-0.1, -0.05) is 0 Å². The van der Waals surface area contributed by atoms with Crippen LogP contribution >= 0.6 is 0 Å². The van der Waals surface area contributed by atoms with Gasteiger partial charge in [-0.3, -0.25) is 14.8 Å². The average molecular weight is 289 g/mol. The van der Waals surface area contributed by atoms with Crippen LogP contribution in [0.1, 0.15) is 54.2 Å². The van der Waals surface area contributed by atoms with Crippen molar-refractivity contribution in [1.29, 1.82) is 0 Å². The van der Waals surface area contributed by atoms with E-state index in [1.807, 2.05) is 4.90 Å². The second-order valence-corrected chi connectivity index (χ2v) is 6.61. The molecule has 1 aliphatic carbocycles. The normalized spacial score (nSPS) is 26.7. The Hall–Kier alpha value is -1.56. The first-order valence-electron chi connectivity index (χ1n) is 8.11. The number of anilines is 1. The Morgan fingerprint density at radius 1 is 1.19 bits per heavy atom. The third-order valence-corrected chi connectivity index (χ3v) is 5.13. The van der Waals surface area contributed by atoms with Gasteiger partial charge in [0.25, 0.3) is 5.91 Å². The molecule has 6 heteroatoms. The van der Waals surface area contributed by atoms with Crippen LogP contribution in [0.15, 0.2) is 0 Å². The Bertz CT molecular complexity index is 544. The van der Waals surface area contributed by atoms with Crippen LogP contribution < -0.4 is 5.73 Å². The summed E-state index contributed by atoms with van der Waals surface area (Å²) in [5.74, 6) is 0.493. The standard InChI is InChI=1S/C15H23N5O/c16-12-13(10-3-4-10)17-18-14(12)15(21)20-8-5-11(9-20)19-6-1-2-7-19/h10-11H,1-9,16H2,(H,17,18). The lowest BCUT2D eigenvalue weighted by Crippen LogP contribution is -2.37. The predicted molar refractivity (Wildman–Crippen MR) is 80.1 cm³/mol. The summed E-state index contributed by atoms with van der Waals surface area (Å²) < 4.78 is 0. The van der Waals surface area contributed by atoms with Crippen LogP contribution in [0.5, 0.6) is 0 Å². The molecule has 3 N–H and O–H groups in total. The highest BCUT2D eigenvalue weighted by Crippen LogP contribution is 2.42. The lowest BCUT2D eigenvalue weighted by Gasteiger charge is -2.23. The molecule has 2 saturated heterocycles. The number of nitrogens with one attached hydrogen (secondary N) is 1. The Balaban J connectivity index is 1.45. The Morgan fingerprint density at radius 3 is 2.67 bits per heavy atom. The van der Waals surface area contributed by atoms with Gasteiger partial charge in [0, 0.05) is 25.0 Å². The summed E-state index contributed by atoms with van der Waals surface area (Å²) in [6.45, 7) is 4.01. The number of H-pyrrole nitrogens is 1. The van der Waals surface area contributed by atoms with Gasteiger partial charge in [0.05, 0.1) is 11.4 Å². The monoisotopic (exact) mass is 289 g/mol. The molecule has 0 spiro atoms. The molecule has 4 rings (SSSR count). The minimum Gasteiger partial charge on any atom is -0.395 e. The third kappa shape index (κ3) is 2.31. The van der Waals surface area contributed by atoms with E-state index in [0.717, 1.165) is 38.0 Å². The number of hydrogen-bond acceptors (Lipinski definition) is 4. The first-order valence-corrected chi connectivity index (χ1v) is 8.11. The minimum absolute atomic E-state index is 0.00246. The molecule has 3 aliphatic rings. The summed E-state index contributed by atoms with van der Waals surface area (Å²) in [5.41, 5.74) is 8.09. The number of hydrogen-bond donors (Lipinski definition) is 2. The van der Waals surface area contributed by atoms with Gasteiger partial charge in [0.2, 0.25) is 0 Å². The summed E-state index contributed by atoms with van der Waals surface area (Å²) in [6.07, 6.45) is 5.97. The Morgan fingerprint density at radius 2 is 1.95 bits per heavy atom. The molecule has 114 valence electrons. The number of nitrogens with zero attached hydrogens (tertiary/aromatic N) is 3. The smallest absolute Gasteiger partial charge is 0.276 e. The summed E-state index contributed by atoms with van der Waals surface area (Å²) in [5, 5.41) is 7.16. The number of aromatic nitrogens is 2. The molecule has 3 fully saturated rings. The van der Waals surface area contributed by atoms with Gasteiger partial charge in [0.1, 0.15) is 0 Å². The predicted octanol–water partition coefficient (Wildman–Crippen LogP) is 1.18.